The highest BCUT2D eigenvalue weighted by atomic mass is 14.3. The molecule has 0 radical (unpaired) electrons. The van der Waals surface area contributed by atoms with Crippen molar-refractivity contribution in [1.82, 2.24) is 0 Å². The van der Waals surface area contributed by atoms with Crippen LogP contribution in [0.5, 0.6) is 0 Å². The molecule has 0 amide bonds. The van der Waals surface area contributed by atoms with Gasteiger partial charge in [-0.15, -0.1) is 0 Å². The van der Waals surface area contributed by atoms with Gasteiger partial charge in [0.1, 0.15) is 0 Å². The topological polar surface area (TPSA) is 0 Å². The van der Waals surface area contributed by atoms with Crippen LogP contribution in [0.3, 0.4) is 0 Å². The van der Waals surface area contributed by atoms with E-state index in [1.807, 2.05) is 13.8 Å². The lowest BCUT2D eigenvalue weighted by Crippen LogP contribution is -2.23. The van der Waals surface area contributed by atoms with Gasteiger partial charge in [-0.05, 0) is 17.8 Å². The van der Waals surface area contributed by atoms with E-state index in [1.165, 1.54) is 25.7 Å². The molecule has 0 saturated heterocycles. The summed E-state index contributed by atoms with van der Waals surface area (Å²) in [6.07, 6.45) is 5.81. The molecule has 0 heteroatoms. The lowest BCUT2D eigenvalue weighted by Gasteiger charge is -2.33. The zero-order valence-corrected chi connectivity index (χ0v) is 9.56. The molecule has 0 aliphatic heterocycles. The SMILES string of the molecule is CC.CCC1[C@@H](C)CCC[C@@H]1C. The Hall–Kier alpha value is 0. The minimum Gasteiger partial charge on any atom is -0.0683 e. The first-order valence-corrected chi connectivity index (χ1v) is 5.75. The maximum absolute atomic E-state index is 2.42. The molecule has 0 aromatic heterocycles. The van der Waals surface area contributed by atoms with Crippen LogP contribution in [-0.4, -0.2) is 0 Å². The molecule has 1 rings (SSSR count). The van der Waals surface area contributed by atoms with Gasteiger partial charge in [-0.1, -0.05) is 60.3 Å². The molecule has 0 unspecified atom stereocenters. The molecule has 0 spiro atoms. The van der Waals surface area contributed by atoms with Crippen molar-refractivity contribution in [1.29, 1.82) is 0 Å². The Balaban J connectivity index is 0.000000561. The Bertz CT molecular complexity index is 86.2. The number of hydrogen-bond acceptors (Lipinski definition) is 0. The summed E-state index contributed by atoms with van der Waals surface area (Å²) in [4.78, 5) is 0. The highest BCUT2D eigenvalue weighted by molar-refractivity contribution is 4.76. The highest BCUT2D eigenvalue weighted by Crippen LogP contribution is 2.35. The van der Waals surface area contributed by atoms with Gasteiger partial charge < -0.3 is 0 Å². The zero-order chi connectivity index (χ0) is 9.56. The van der Waals surface area contributed by atoms with E-state index < -0.39 is 0 Å². The Labute approximate surface area is 78.8 Å². The molecule has 1 aliphatic carbocycles. The molecular weight excluding hydrogens is 144 g/mol. The quantitative estimate of drug-likeness (QED) is 0.543. The lowest BCUT2D eigenvalue weighted by molar-refractivity contribution is 0.174. The van der Waals surface area contributed by atoms with Gasteiger partial charge in [0.15, 0.2) is 0 Å². The first kappa shape index (κ1) is 12.0. The third-order valence-corrected chi connectivity index (χ3v) is 3.25. The van der Waals surface area contributed by atoms with Crippen molar-refractivity contribution in [2.45, 2.75) is 60.3 Å². The van der Waals surface area contributed by atoms with Crippen LogP contribution in [-0.2, 0) is 0 Å². The monoisotopic (exact) mass is 170 g/mol. The van der Waals surface area contributed by atoms with Gasteiger partial charge in [0.25, 0.3) is 0 Å². The molecule has 74 valence electrons. The number of rotatable bonds is 1. The maximum Gasteiger partial charge on any atom is -0.0365 e. The van der Waals surface area contributed by atoms with Crippen molar-refractivity contribution in [3.8, 4) is 0 Å². The molecule has 1 saturated carbocycles. The van der Waals surface area contributed by atoms with Crippen LogP contribution in [0, 0.1) is 17.8 Å². The van der Waals surface area contributed by atoms with Crippen molar-refractivity contribution >= 4 is 0 Å². The lowest BCUT2D eigenvalue weighted by atomic mass is 9.72. The van der Waals surface area contributed by atoms with E-state index in [0.717, 1.165) is 17.8 Å². The normalized spacial score (nSPS) is 30.8. The van der Waals surface area contributed by atoms with E-state index in [0.29, 0.717) is 0 Å². The minimum atomic E-state index is 0.994. The average Bonchev–Trinajstić information content (AvgIpc) is 2.08. The Morgan fingerprint density at radius 1 is 1.00 bits per heavy atom. The second-order valence-corrected chi connectivity index (χ2v) is 3.96. The van der Waals surface area contributed by atoms with Crippen molar-refractivity contribution in [3.63, 3.8) is 0 Å². The van der Waals surface area contributed by atoms with Gasteiger partial charge in [-0.2, -0.15) is 0 Å². The Morgan fingerprint density at radius 3 is 1.67 bits per heavy atom. The standard InChI is InChI=1S/C10H20.C2H6/c1-4-10-8(2)6-5-7-9(10)3;1-2/h8-10H,4-7H2,1-3H3;1-2H3/t8-,9-;/m0./s1. The van der Waals surface area contributed by atoms with Crippen molar-refractivity contribution in [3.05, 3.63) is 0 Å². The van der Waals surface area contributed by atoms with Crippen molar-refractivity contribution in [2.75, 3.05) is 0 Å². The van der Waals surface area contributed by atoms with Gasteiger partial charge in [0.05, 0.1) is 0 Å². The molecular formula is C12H26. The van der Waals surface area contributed by atoms with Gasteiger partial charge >= 0.3 is 0 Å². The fraction of sp³-hybridized carbons (Fsp3) is 1.00. The van der Waals surface area contributed by atoms with Crippen molar-refractivity contribution < 1.29 is 0 Å². The summed E-state index contributed by atoms with van der Waals surface area (Å²) in [5.74, 6) is 3.01. The van der Waals surface area contributed by atoms with Crippen LogP contribution in [0.2, 0.25) is 0 Å². The third-order valence-electron chi connectivity index (χ3n) is 3.25. The van der Waals surface area contributed by atoms with E-state index >= 15 is 0 Å². The molecule has 0 bridgehead atoms. The van der Waals surface area contributed by atoms with E-state index in [9.17, 15) is 0 Å². The number of hydrogen-bond donors (Lipinski definition) is 0. The van der Waals surface area contributed by atoms with Gasteiger partial charge in [0, 0.05) is 0 Å². The van der Waals surface area contributed by atoms with E-state index in [2.05, 4.69) is 20.8 Å². The van der Waals surface area contributed by atoms with Crippen LogP contribution < -0.4 is 0 Å². The van der Waals surface area contributed by atoms with E-state index in [4.69, 9.17) is 0 Å². The predicted molar refractivity (Wildman–Crippen MR) is 57.3 cm³/mol. The molecule has 0 nitrogen and oxygen atoms in total. The molecule has 1 aliphatic rings. The highest BCUT2D eigenvalue weighted by Gasteiger charge is 2.25. The van der Waals surface area contributed by atoms with Crippen LogP contribution >= 0.6 is 0 Å². The van der Waals surface area contributed by atoms with E-state index in [-0.39, 0.29) is 0 Å². The fourth-order valence-corrected chi connectivity index (χ4v) is 2.56. The van der Waals surface area contributed by atoms with Crippen LogP contribution in [0.25, 0.3) is 0 Å². The second kappa shape index (κ2) is 6.51. The van der Waals surface area contributed by atoms with E-state index in [1.54, 1.807) is 0 Å². The summed E-state index contributed by atoms with van der Waals surface area (Å²) in [6.45, 7) is 11.2. The first-order valence-electron chi connectivity index (χ1n) is 5.75. The molecule has 12 heavy (non-hydrogen) atoms. The van der Waals surface area contributed by atoms with Gasteiger partial charge in [-0.3, -0.25) is 0 Å². The van der Waals surface area contributed by atoms with Crippen LogP contribution in [0.4, 0.5) is 0 Å². The largest absolute Gasteiger partial charge is 0.0683 e. The predicted octanol–water partition coefficient (Wildman–Crippen LogP) is 4.49. The summed E-state index contributed by atoms with van der Waals surface area (Å²) in [7, 11) is 0. The molecule has 0 heterocycles. The van der Waals surface area contributed by atoms with Crippen molar-refractivity contribution in [2.24, 2.45) is 17.8 Å². The fourth-order valence-electron chi connectivity index (χ4n) is 2.56. The summed E-state index contributed by atoms with van der Waals surface area (Å²) < 4.78 is 0. The Morgan fingerprint density at radius 2 is 1.42 bits per heavy atom. The summed E-state index contributed by atoms with van der Waals surface area (Å²) in [6, 6.07) is 0. The smallest absolute Gasteiger partial charge is 0.0365 e. The summed E-state index contributed by atoms with van der Waals surface area (Å²) >= 11 is 0. The average molecular weight is 170 g/mol. The van der Waals surface area contributed by atoms with Crippen LogP contribution in [0.15, 0.2) is 0 Å². The molecule has 0 aromatic rings. The first-order chi connectivity index (χ1) is 5.75. The van der Waals surface area contributed by atoms with Crippen LogP contribution in [0.1, 0.15) is 60.3 Å². The summed E-state index contributed by atoms with van der Waals surface area (Å²) in [5, 5.41) is 0. The molecule has 0 aromatic carbocycles. The van der Waals surface area contributed by atoms with Gasteiger partial charge in [-0.25, -0.2) is 0 Å². The summed E-state index contributed by atoms with van der Waals surface area (Å²) in [5.41, 5.74) is 0. The zero-order valence-electron chi connectivity index (χ0n) is 9.56. The molecule has 0 N–H and O–H groups in total. The molecule has 1 fully saturated rings. The molecule has 2 atom stereocenters. The Kier molecular flexibility index (Phi) is 6.51. The second-order valence-electron chi connectivity index (χ2n) is 3.96. The maximum atomic E-state index is 2.42. The van der Waals surface area contributed by atoms with Gasteiger partial charge in [0.2, 0.25) is 0 Å². The third kappa shape index (κ3) is 3.16. The minimum absolute atomic E-state index is 0.994.